The second-order valence-electron chi connectivity index (χ2n) is 7.11. The van der Waals surface area contributed by atoms with Crippen molar-refractivity contribution in [2.24, 2.45) is 5.92 Å². The highest BCUT2D eigenvalue weighted by Crippen LogP contribution is 2.28. The maximum atomic E-state index is 3.91. The summed E-state index contributed by atoms with van der Waals surface area (Å²) in [5.74, 6) is 0.984. The zero-order chi connectivity index (χ0) is 15.2. The third kappa shape index (κ3) is 4.85. The molecule has 0 aliphatic heterocycles. The summed E-state index contributed by atoms with van der Waals surface area (Å²) >= 11 is 0. The van der Waals surface area contributed by atoms with Crippen LogP contribution in [0.3, 0.4) is 0 Å². The molecule has 0 heterocycles. The molecule has 3 atom stereocenters. The average molecular weight is 287 g/mol. The predicted octanol–water partition coefficient (Wildman–Crippen LogP) is 5.70. The van der Waals surface area contributed by atoms with Gasteiger partial charge in [0.2, 0.25) is 0 Å². The molecule has 3 unspecified atom stereocenters. The molecule has 1 aromatic carbocycles. The van der Waals surface area contributed by atoms with E-state index in [-0.39, 0.29) is 0 Å². The van der Waals surface area contributed by atoms with Gasteiger partial charge >= 0.3 is 0 Å². The van der Waals surface area contributed by atoms with Crippen LogP contribution in [-0.4, -0.2) is 6.04 Å². The largest absolute Gasteiger partial charge is 0.307 e. The average Bonchev–Trinajstić information content (AvgIpc) is 2.67. The summed E-state index contributed by atoms with van der Waals surface area (Å²) in [6.07, 6.45) is 9.77. The summed E-state index contributed by atoms with van der Waals surface area (Å²) < 4.78 is 0. The van der Waals surface area contributed by atoms with Crippen molar-refractivity contribution in [3.8, 4) is 0 Å². The van der Waals surface area contributed by atoms with Crippen LogP contribution >= 0.6 is 0 Å². The number of hydrogen-bond donors (Lipinski definition) is 1. The molecule has 1 nitrogen and oxygen atoms in total. The molecular weight excluding hydrogens is 254 g/mol. The lowest BCUT2D eigenvalue weighted by molar-refractivity contribution is 0.392. The predicted molar refractivity (Wildman–Crippen MR) is 92.7 cm³/mol. The molecule has 1 fully saturated rings. The zero-order valence-corrected chi connectivity index (χ0v) is 14.4. The van der Waals surface area contributed by atoms with Gasteiger partial charge in [0, 0.05) is 12.1 Å². The van der Waals surface area contributed by atoms with E-state index in [1.807, 2.05) is 0 Å². The molecule has 0 amide bonds. The van der Waals surface area contributed by atoms with Crippen LogP contribution in [0.5, 0.6) is 0 Å². The van der Waals surface area contributed by atoms with E-state index in [0.717, 1.165) is 5.92 Å². The minimum absolute atomic E-state index is 0.470. The van der Waals surface area contributed by atoms with Crippen LogP contribution in [0.1, 0.15) is 81.5 Å². The van der Waals surface area contributed by atoms with Crippen LogP contribution in [-0.2, 0) is 0 Å². The van der Waals surface area contributed by atoms with Crippen LogP contribution in [0.15, 0.2) is 18.2 Å². The van der Waals surface area contributed by atoms with E-state index in [1.54, 1.807) is 0 Å². The summed E-state index contributed by atoms with van der Waals surface area (Å²) in [6, 6.07) is 8.00. The van der Waals surface area contributed by atoms with Crippen molar-refractivity contribution >= 4 is 0 Å². The first-order chi connectivity index (χ1) is 10.1. The highest BCUT2D eigenvalue weighted by Gasteiger charge is 2.20. The third-order valence-corrected chi connectivity index (χ3v) is 5.17. The number of nitrogens with one attached hydrogen (secondary N) is 1. The van der Waals surface area contributed by atoms with Crippen molar-refractivity contribution in [2.45, 2.75) is 84.7 Å². The normalized spacial score (nSPS) is 24.6. The van der Waals surface area contributed by atoms with E-state index >= 15 is 0 Å². The monoisotopic (exact) mass is 287 g/mol. The molecule has 1 saturated carbocycles. The van der Waals surface area contributed by atoms with Gasteiger partial charge in [-0.05, 0) is 57.1 Å². The lowest BCUT2D eigenvalue weighted by Crippen LogP contribution is -2.31. The van der Waals surface area contributed by atoms with Gasteiger partial charge in [-0.25, -0.2) is 0 Å². The lowest BCUT2D eigenvalue weighted by Gasteiger charge is -2.24. The first-order valence-electron chi connectivity index (χ1n) is 8.93. The van der Waals surface area contributed by atoms with Crippen molar-refractivity contribution in [3.63, 3.8) is 0 Å². The van der Waals surface area contributed by atoms with Gasteiger partial charge in [-0.1, -0.05) is 56.4 Å². The number of benzene rings is 1. The summed E-state index contributed by atoms with van der Waals surface area (Å²) in [6.45, 7) is 9.08. The molecule has 0 radical (unpaired) electrons. The Kier molecular flexibility index (Phi) is 6.29. The molecule has 0 saturated heterocycles. The Labute approximate surface area is 131 Å². The fraction of sp³-hybridized carbons (Fsp3) is 0.700. The quantitative estimate of drug-likeness (QED) is 0.685. The molecule has 2 rings (SSSR count). The van der Waals surface area contributed by atoms with E-state index in [1.165, 1.54) is 61.6 Å². The molecule has 0 spiro atoms. The van der Waals surface area contributed by atoms with Crippen molar-refractivity contribution in [1.29, 1.82) is 0 Å². The lowest BCUT2D eigenvalue weighted by atomic mass is 9.95. The summed E-state index contributed by atoms with van der Waals surface area (Å²) in [7, 11) is 0. The van der Waals surface area contributed by atoms with E-state index < -0.39 is 0 Å². The van der Waals surface area contributed by atoms with Gasteiger partial charge in [0.25, 0.3) is 0 Å². The number of rotatable bonds is 5. The maximum Gasteiger partial charge on any atom is 0.0297 e. The highest BCUT2D eigenvalue weighted by atomic mass is 14.9. The summed E-state index contributed by atoms with van der Waals surface area (Å²) in [5.41, 5.74) is 4.26. The van der Waals surface area contributed by atoms with Crippen LogP contribution < -0.4 is 5.32 Å². The van der Waals surface area contributed by atoms with Gasteiger partial charge in [0.1, 0.15) is 0 Å². The zero-order valence-electron chi connectivity index (χ0n) is 14.4. The van der Waals surface area contributed by atoms with Crippen molar-refractivity contribution in [1.82, 2.24) is 5.32 Å². The summed E-state index contributed by atoms with van der Waals surface area (Å²) in [5, 5.41) is 3.91. The van der Waals surface area contributed by atoms with E-state index in [2.05, 4.69) is 51.2 Å². The number of aryl methyl sites for hydroxylation is 2. The molecule has 0 bridgehead atoms. The van der Waals surface area contributed by atoms with Crippen LogP contribution in [0, 0.1) is 19.8 Å². The Bertz CT molecular complexity index is 437. The molecule has 0 aromatic heterocycles. The third-order valence-electron chi connectivity index (χ3n) is 5.17. The van der Waals surface area contributed by atoms with Gasteiger partial charge in [0.05, 0.1) is 0 Å². The van der Waals surface area contributed by atoms with Gasteiger partial charge in [-0.3, -0.25) is 0 Å². The molecule has 1 aliphatic carbocycles. The van der Waals surface area contributed by atoms with Crippen LogP contribution in [0.4, 0.5) is 0 Å². The van der Waals surface area contributed by atoms with Gasteiger partial charge in [0.15, 0.2) is 0 Å². The Morgan fingerprint density at radius 2 is 1.95 bits per heavy atom. The van der Waals surface area contributed by atoms with Crippen molar-refractivity contribution in [2.75, 3.05) is 0 Å². The minimum Gasteiger partial charge on any atom is -0.307 e. The van der Waals surface area contributed by atoms with Gasteiger partial charge < -0.3 is 5.32 Å². The summed E-state index contributed by atoms with van der Waals surface area (Å²) in [4.78, 5) is 0. The fourth-order valence-corrected chi connectivity index (χ4v) is 3.91. The SMILES string of the molecule is CCCC1CCCC(NC(C)c2cc(C)ccc2C)CC1. The second-order valence-corrected chi connectivity index (χ2v) is 7.11. The van der Waals surface area contributed by atoms with E-state index in [4.69, 9.17) is 0 Å². The van der Waals surface area contributed by atoms with Crippen LogP contribution in [0.2, 0.25) is 0 Å². The number of hydrogen-bond acceptors (Lipinski definition) is 1. The molecule has 1 N–H and O–H groups in total. The smallest absolute Gasteiger partial charge is 0.0297 e. The molecule has 1 aromatic rings. The van der Waals surface area contributed by atoms with Crippen LogP contribution in [0.25, 0.3) is 0 Å². The minimum atomic E-state index is 0.470. The molecular formula is C20H33N. The first kappa shape index (κ1) is 16.5. The molecule has 21 heavy (non-hydrogen) atoms. The van der Waals surface area contributed by atoms with E-state index in [9.17, 15) is 0 Å². The van der Waals surface area contributed by atoms with Crippen molar-refractivity contribution < 1.29 is 0 Å². The molecule has 1 aliphatic rings. The Morgan fingerprint density at radius 3 is 2.71 bits per heavy atom. The highest BCUT2D eigenvalue weighted by molar-refractivity contribution is 5.32. The topological polar surface area (TPSA) is 12.0 Å². The molecule has 118 valence electrons. The Balaban J connectivity index is 1.93. The van der Waals surface area contributed by atoms with E-state index in [0.29, 0.717) is 12.1 Å². The van der Waals surface area contributed by atoms with Crippen molar-refractivity contribution in [3.05, 3.63) is 34.9 Å². The molecule has 1 heteroatoms. The first-order valence-corrected chi connectivity index (χ1v) is 8.93. The Morgan fingerprint density at radius 1 is 1.14 bits per heavy atom. The van der Waals surface area contributed by atoms with Gasteiger partial charge in [-0.15, -0.1) is 0 Å². The Hall–Kier alpha value is -0.820. The second kappa shape index (κ2) is 7.98. The standard InChI is InChI=1S/C20H33N/c1-5-7-18-8-6-9-19(13-12-18)21-17(4)20-14-15(2)10-11-16(20)3/h10-11,14,17-19,21H,5-9,12-13H2,1-4H3. The van der Waals surface area contributed by atoms with Gasteiger partial charge in [-0.2, -0.15) is 0 Å². The maximum absolute atomic E-state index is 3.91. The fourth-order valence-electron chi connectivity index (χ4n) is 3.91.